The lowest BCUT2D eigenvalue weighted by Crippen LogP contribution is -1.94. The van der Waals surface area contributed by atoms with E-state index in [0.717, 1.165) is 0 Å². The summed E-state index contributed by atoms with van der Waals surface area (Å²) >= 11 is 0. The number of hydrogen-bond donors (Lipinski definition) is 0. The Balaban J connectivity index is 0.000000119. The van der Waals surface area contributed by atoms with Crippen molar-refractivity contribution < 1.29 is 0 Å². The zero-order valence-corrected chi connectivity index (χ0v) is 72.4. The molecule has 23 rings (SSSR count). The first-order chi connectivity index (χ1) is 63.7. The minimum atomic E-state index is 1.21. The van der Waals surface area contributed by atoms with Crippen LogP contribution in [0.1, 0.15) is 16.7 Å². The summed E-state index contributed by atoms with van der Waals surface area (Å²) in [4.78, 5) is 0. The fourth-order valence-corrected chi connectivity index (χ4v) is 19.4. The van der Waals surface area contributed by atoms with Gasteiger partial charge in [0.15, 0.2) is 0 Å². The third-order valence-electron chi connectivity index (χ3n) is 25.5. The van der Waals surface area contributed by atoms with Crippen LogP contribution in [-0.4, -0.2) is 0 Å². The van der Waals surface area contributed by atoms with Crippen LogP contribution in [0, 0.1) is 20.8 Å². The molecular weight excluding hydrogens is 1550 g/mol. The topological polar surface area (TPSA) is 0 Å². The smallest absolute Gasteiger partial charge is 0.00258 e. The van der Waals surface area contributed by atoms with Crippen molar-refractivity contribution in [1.29, 1.82) is 0 Å². The van der Waals surface area contributed by atoms with Crippen molar-refractivity contribution in [3.05, 3.63) is 520 Å². The van der Waals surface area contributed by atoms with Crippen LogP contribution in [0.3, 0.4) is 0 Å². The third kappa shape index (κ3) is 16.2. The molecule has 0 aromatic heterocycles. The Morgan fingerprint density at radius 2 is 0.240 bits per heavy atom. The number of hydrogen-bond acceptors (Lipinski definition) is 0. The first kappa shape index (κ1) is 79.8. The van der Waals surface area contributed by atoms with E-state index < -0.39 is 0 Å². The highest BCUT2D eigenvalue weighted by molar-refractivity contribution is 6.25. The number of benzene rings is 23. The Labute approximate surface area is 756 Å². The molecule has 0 N–H and O–H groups in total. The molecule has 0 amide bonds. The first-order valence-corrected chi connectivity index (χ1v) is 44.7. The van der Waals surface area contributed by atoms with E-state index in [0.29, 0.717) is 0 Å². The molecule has 0 fully saturated rings. The van der Waals surface area contributed by atoms with Gasteiger partial charge in [0.2, 0.25) is 0 Å². The van der Waals surface area contributed by atoms with Crippen molar-refractivity contribution in [2.24, 2.45) is 0 Å². The monoisotopic (exact) mass is 1640 g/mol. The van der Waals surface area contributed by atoms with Crippen molar-refractivity contribution in [2.45, 2.75) is 20.8 Å². The highest BCUT2D eigenvalue weighted by Gasteiger charge is 2.24. The predicted octanol–water partition coefficient (Wildman–Crippen LogP) is 36.2. The van der Waals surface area contributed by atoms with E-state index in [9.17, 15) is 0 Å². The maximum atomic E-state index is 2.39. The molecule has 129 heavy (non-hydrogen) atoms. The predicted molar refractivity (Wildman–Crippen MR) is 555 cm³/mol. The van der Waals surface area contributed by atoms with E-state index in [1.54, 1.807) is 0 Å². The van der Waals surface area contributed by atoms with Crippen molar-refractivity contribution in [1.82, 2.24) is 0 Å². The lowest BCUT2D eigenvalue weighted by Gasteiger charge is -2.20. The molecule has 0 bridgehead atoms. The zero-order valence-electron chi connectivity index (χ0n) is 72.4. The van der Waals surface area contributed by atoms with Crippen molar-refractivity contribution in [2.75, 3.05) is 0 Å². The third-order valence-corrected chi connectivity index (χ3v) is 25.5. The van der Waals surface area contributed by atoms with Gasteiger partial charge >= 0.3 is 0 Å². The van der Waals surface area contributed by atoms with Gasteiger partial charge in [-0.15, -0.1) is 0 Å². The summed E-state index contributed by atoms with van der Waals surface area (Å²) in [6.45, 7) is 6.58. The summed E-state index contributed by atoms with van der Waals surface area (Å²) in [5, 5.41) is 15.3. The number of aryl methyl sites for hydroxylation is 3. The average molecular weight is 1640 g/mol. The molecule has 0 saturated heterocycles. The maximum Gasteiger partial charge on any atom is -0.00258 e. The zero-order chi connectivity index (χ0) is 86.5. The minimum absolute atomic E-state index is 1.21. The minimum Gasteiger partial charge on any atom is -0.0622 e. The molecule has 0 spiro atoms. The van der Waals surface area contributed by atoms with E-state index in [1.807, 2.05) is 0 Å². The summed E-state index contributed by atoms with van der Waals surface area (Å²) < 4.78 is 0. The second-order valence-corrected chi connectivity index (χ2v) is 33.9. The van der Waals surface area contributed by atoms with Crippen LogP contribution in [0.4, 0.5) is 0 Å². The second kappa shape index (κ2) is 35.7. The summed E-state index contributed by atoms with van der Waals surface area (Å²) in [5.41, 5.74) is 38.5. The Kier molecular flexibility index (Phi) is 22.1. The molecule has 0 unspecified atom stereocenters. The van der Waals surface area contributed by atoms with E-state index in [2.05, 4.69) is 524 Å². The summed E-state index contributed by atoms with van der Waals surface area (Å²) in [7, 11) is 0. The molecule has 0 saturated carbocycles. The maximum absolute atomic E-state index is 2.39. The second-order valence-electron chi connectivity index (χ2n) is 33.9. The average Bonchev–Trinajstić information content (AvgIpc) is 0.648. The Morgan fingerprint density at radius 1 is 0.0853 bits per heavy atom. The van der Waals surface area contributed by atoms with Gasteiger partial charge in [0.25, 0.3) is 0 Å². The van der Waals surface area contributed by atoms with Gasteiger partial charge in [-0.05, 0) is 290 Å². The Hall–Kier alpha value is -16.4. The molecule has 0 aliphatic heterocycles. The first-order valence-electron chi connectivity index (χ1n) is 44.7. The van der Waals surface area contributed by atoms with Gasteiger partial charge in [-0.1, -0.05) is 472 Å². The Morgan fingerprint density at radius 3 is 0.512 bits per heavy atom. The van der Waals surface area contributed by atoms with Crippen molar-refractivity contribution in [3.63, 3.8) is 0 Å². The van der Waals surface area contributed by atoms with E-state index in [4.69, 9.17) is 0 Å². The van der Waals surface area contributed by atoms with Crippen LogP contribution in [0.2, 0.25) is 0 Å². The van der Waals surface area contributed by atoms with Crippen LogP contribution in [-0.2, 0) is 0 Å². The molecule has 608 valence electrons. The van der Waals surface area contributed by atoms with Crippen LogP contribution in [0.5, 0.6) is 0 Å². The molecule has 23 aromatic carbocycles. The number of rotatable bonds is 14. The van der Waals surface area contributed by atoms with Gasteiger partial charge in [0, 0.05) is 0 Å². The largest absolute Gasteiger partial charge is 0.0622 e. The van der Waals surface area contributed by atoms with Crippen molar-refractivity contribution >= 4 is 64.6 Å². The highest BCUT2D eigenvalue weighted by Crippen LogP contribution is 2.51. The van der Waals surface area contributed by atoms with E-state index in [1.165, 1.54) is 237 Å². The Bertz CT molecular complexity index is 7910. The number of fused-ring (bicyclic) bond motifs is 6. The van der Waals surface area contributed by atoms with E-state index in [-0.39, 0.29) is 0 Å². The molecule has 0 aliphatic carbocycles. The SMILES string of the molecule is Cc1ccc2c(-c3cc(-c4ccccc4)cc(-c4ccccc4)c3)c3ccccc3c(-c3cc(-c4ccccc4)cc(-c4ccccc4)c3)c2c1.Cc1ccc2c(-c3ccc(-c4ccccc4)cc3)c3ccccc3c(-c3ccc(-c4ccccc4)cc3)c2c1.Cc1ccc2c(-c3cccc(-c4ccccc4)c3)c3ccccc3c(-c3cccc(-c4ccccc4)c3)c2c1. The molecule has 0 nitrogen and oxygen atoms in total. The molecule has 0 radical (unpaired) electrons. The molecule has 23 aromatic rings. The van der Waals surface area contributed by atoms with Gasteiger partial charge in [-0.3, -0.25) is 0 Å². The summed E-state index contributed by atoms with van der Waals surface area (Å²) in [5.74, 6) is 0. The van der Waals surface area contributed by atoms with Gasteiger partial charge < -0.3 is 0 Å². The summed E-state index contributed by atoms with van der Waals surface area (Å²) in [6.07, 6.45) is 0. The molecular formula is C129H92. The van der Waals surface area contributed by atoms with Gasteiger partial charge in [-0.2, -0.15) is 0 Å². The fourth-order valence-electron chi connectivity index (χ4n) is 19.4. The standard InChI is InChI=1S/C51H36.2C39H28/c1-35-26-27-48-49(28-35)51(45-33-42(38-20-10-4-11-21-38)30-43(34-45)39-22-12-5-13-23-39)47-25-15-14-24-46(47)50(48)44-31-40(36-16-6-2-7-17-36)29-41(32-44)37-18-8-3-9-19-37;1-27-22-23-36-37(24-27)39(33-19-11-17-31(26-33)29-14-6-3-7-15-29)35-21-9-8-20-34(35)38(36)32-18-10-16-30(25-32)28-12-4-2-5-13-28;1-27-16-25-36-37(26-27)39(33-23-19-31(20-24-33)29-12-6-3-7-13-29)35-15-9-8-14-34(35)38(36)32-21-17-30(18-22-32)28-10-4-2-5-11-28/h2-34H,1H3;2*2-26H,1H3. The lowest BCUT2D eigenvalue weighted by molar-refractivity contribution is 1.50. The quantitative estimate of drug-likeness (QED) is 0.0952. The van der Waals surface area contributed by atoms with Crippen LogP contribution in [0.15, 0.2) is 504 Å². The molecule has 0 heteroatoms. The molecule has 0 aliphatic rings. The van der Waals surface area contributed by atoms with Crippen LogP contribution < -0.4 is 0 Å². The van der Waals surface area contributed by atoms with Gasteiger partial charge in [-0.25, -0.2) is 0 Å². The lowest BCUT2D eigenvalue weighted by atomic mass is 9.83. The van der Waals surface area contributed by atoms with Gasteiger partial charge in [0.05, 0.1) is 0 Å². The normalized spacial score (nSPS) is 11.2. The summed E-state index contributed by atoms with van der Waals surface area (Å²) in [6, 6.07) is 183. The fraction of sp³-hybridized carbons (Fsp3) is 0.0233. The van der Waals surface area contributed by atoms with Crippen molar-refractivity contribution in [3.8, 4) is 156 Å². The highest BCUT2D eigenvalue weighted by atomic mass is 14.3. The van der Waals surface area contributed by atoms with Crippen LogP contribution in [0.25, 0.3) is 220 Å². The molecule has 0 heterocycles. The van der Waals surface area contributed by atoms with Crippen LogP contribution >= 0.6 is 0 Å². The van der Waals surface area contributed by atoms with E-state index >= 15 is 0 Å². The van der Waals surface area contributed by atoms with Gasteiger partial charge in [0.1, 0.15) is 0 Å². The molecule has 0 atom stereocenters.